The lowest BCUT2D eigenvalue weighted by molar-refractivity contribution is -0.119. The number of amides is 1. The van der Waals surface area contributed by atoms with Crippen molar-refractivity contribution in [2.75, 3.05) is 5.75 Å². The van der Waals surface area contributed by atoms with Crippen LogP contribution in [0.25, 0.3) is 20.4 Å². The first-order valence-electron chi connectivity index (χ1n) is 12.6. The fourth-order valence-electron chi connectivity index (χ4n) is 5.00. The van der Waals surface area contributed by atoms with Crippen molar-refractivity contribution >= 4 is 49.4 Å². The molecule has 1 atom stereocenters. The molecule has 35 heavy (non-hydrogen) atoms. The van der Waals surface area contributed by atoms with Crippen molar-refractivity contribution < 1.29 is 4.79 Å². The first-order chi connectivity index (χ1) is 17.0. The quantitative estimate of drug-likeness (QED) is 0.220. The minimum atomic E-state index is 0.0426. The molecular formula is C28H32N4OS2. The predicted molar refractivity (Wildman–Crippen MR) is 147 cm³/mol. The van der Waals surface area contributed by atoms with Crippen molar-refractivity contribution in [3.8, 4) is 0 Å². The Bertz CT molecular complexity index is 1350. The molecule has 0 spiro atoms. The van der Waals surface area contributed by atoms with Gasteiger partial charge in [-0.3, -0.25) is 4.79 Å². The summed E-state index contributed by atoms with van der Waals surface area (Å²) in [6.45, 7) is 6.54. The molecule has 3 heterocycles. The summed E-state index contributed by atoms with van der Waals surface area (Å²) in [6.07, 6.45) is 8.17. The number of carbonyl (C=O) groups excluding carboxylic acids is 1. The smallest absolute Gasteiger partial charge is 0.230 e. The SMILES string of the molecule is CC(C)c1nc2sc3c(SCC(=O)N[C@@H](C)CCc4ccccc4)ncnc3c2c2c1CCCC2. The number of aromatic nitrogens is 3. The molecule has 0 saturated carbocycles. The summed E-state index contributed by atoms with van der Waals surface area (Å²) in [6, 6.07) is 10.5. The van der Waals surface area contributed by atoms with E-state index in [0.717, 1.165) is 45.8 Å². The largest absolute Gasteiger partial charge is 0.353 e. The van der Waals surface area contributed by atoms with Gasteiger partial charge in [-0.1, -0.05) is 55.9 Å². The van der Waals surface area contributed by atoms with Crippen molar-refractivity contribution in [3.63, 3.8) is 0 Å². The van der Waals surface area contributed by atoms with Crippen LogP contribution in [0, 0.1) is 0 Å². The van der Waals surface area contributed by atoms with E-state index in [4.69, 9.17) is 4.98 Å². The van der Waals surface area contributed by atoms with Gasteiger partial charge >= 0.3 is 0 Å². The standard InChI is InChI=1S/C28H32N4OS2/c1-17(2)24-21-12-8-7-11-20(21)23-25-26(35-27(23)32-24)28(30-16-29-25)34-15-22(33)31-18(3)13-14-19-9-5-4-6-10-19/h4-6,9-10,16-18H,7-8,11-15H2,1-3H3,(H,31,33)/t18-/m0/s1. The number of benzene rings is 1. The number of pyridine rings is 1. The van der Waals surface area contributed by atoms with Crippen molar-refractivity contribution in [2.45, 2.75) is 76.3 Å². The maximum absolute atomic E-state index is 12.7. The number of nitrogens with zero attached hydrogens (tertiary/aromatic N) is 3. The van der Waals surface area contributed by atoms with Crippen LogP contribution >= 0.6 is 23.1 Å². The lowest BCUT2D eigenvalue weighted by Crippen LogP contribution is -2.34. The normalized spacial score (nSPS) is 14.4. The second-order valence-corrected chi connectivity index (χ2v) is 11.7. The summed E-state index contributed by atoms with van der Waals surface area (Å²) in [7, 11) is 0. The summed E-state index contributed by atoms with van der Waals surface area (Å²) in [5.74, 6) is 0.795. The molecular weight excluding hydrogens is 472 g/mol. The van der Waals surface area contributed by atoms with Gasteiger partial charge in [-0.25, -0.2) is 15.0 Å². The average Bonchev–Trinajstić information content (AvgIpc) is 3.26. The van der Waals surface area contributed by atoms with Crippen LogP contribution in [0.2, 0.25) is 0 Å². The van der Waals surface area contributed by atoms with E-state index in [0.29, 0.717) is 11.7 Å². The van der Waals surface area contributed by atoms with Gasteiger partial charge in [0, 0.05) is 17.1 Å². The molecule has 0 saturated heterocycles. The third-order valence-corrected chi connectivity index (χ3v) is 8.92. The van der Waals surface area contributed by atoms with E-state index in [1.54, 1.807) is 17.7 Å². The number of thiophene rings is 1. The van der Waals surface area contributed by atoms with Crippen LogP contribution < -0.4 is 5.32 Å². The molecule has 5 rings (SSSR count). The molecule has 1 aliphatic rings. The zero-order chi connectivity index (χ0) is 24.4. The highest BCUT2D eigenvalue weighted by Crippen LogP contribution is 2.42. The topological polar surface area (TPSA) is 67.8 Å². The maximum atomic E-state index is 12.7. The Morgan fingerprint density at radius 1 is 1.09 bits per heavy atom. The minimum Gasteiger partial charge on any atom is -0.353 e. The van der Waals surface area contributed by atoms with E-state index in [-0.39, 0.29) is 11.9 Å². The van der Waals surface area contributed by atoms with E-state index >= 15 is 0 Å². The van der Waals surface area contributed by atoms with Gasteiger partial charge in [-0.15, -0.1) is 11.3 Å². The Balaban J connectivity index is 1.32. The van der Waals surface area contributed by atoms with Crippen LogP contribution in [0.4, 0.5) is 0 Å². The monoisotopic (exact) mass is 504 g/mol. The number of rotatable bonds is 8. The molecule has 7 heteroatoms. The Kier molecular flexibility index (Phi) is 7.35. The third kappa shape index (κ3) is 5.21. The Morgan fingerprint density at radius 3 is 2.63 bits per heavy atom. The van der Waals surface area contributed by atoms with Crippen molar-refractivity contribution in [2.24, 2.45) is 0 Å². The van der Waals surface area contributed by atoms with Gasteiger partial charge in [0.05, 0.1) is 16.0 Å². The fraction of sp³-hybridized carbons (Fsp3) is 0.429. The Labute approximate surface area is 215 Å². The van der Waals surface area contributed by atoms with Crippen LogP contribution in [0.3, 0.4) is 0 Å². The summed E-state index contributed by atoms with van der Waals surface area (Å²) < 4.78 is 1.05. The second-order valence-electron chi connectivity index (χ2n) is 9.74. The van der Waals surface area contributed by atoms with Crippen LogP contribution in [-0.4, -0.2) is 32.7 Å². The highest BCUT2D eigenvalue weighted by molar-refractivity contribution is 8.00. The summed E-state index contributed by atoms with van der Waals surface area (Å²) in [5.41, 5.74) is 6.42. The molecule has 1 aliphatic carbocycles. The molecule has 3 aromatic heterocycles. The highest BCUT2D eigenvalue weighted by Gasteiger charge is 2.24. The number of aryl methyl sites for hydroxylation is 2. The number of carbonyl (C=O) groups is 1. The zero-order valence-corrected chi connectivity index (χ0v) is 22.3. The van der Waals surface area contributed by atoms with Crippen molar-refractivity contribution in [1.29, 1.82) is 0 Å². The van der Waals surface area contributed by atoms with E-state index < -0.39 is 0 Å². The second kappa shape index (κ2) is 10.6. The van der Waals surface area contributed by atoms with E-state index in [2.05, 4.69) is 60.3 Å². The lowest BCUT2D eigenvalue weighted by atomic mass is 9.86. The van der Waals surface area contributed by atoms with Crippen LogP contribution in [0.1, 0.15) is 68.3 Å². The van der Waals surface area contributed by atoms with Gasteiger partial charge in [0.25, 0.3) is 0 Å². The molecule has 4 aromatic rings. The maximum Gasteiger partial charge on any atom is 0.230 e. The molecule has 0 fully saturated rings. The summed E-state index contributed by atoms with van der Waals surface area (Å²) >= 11 is 3.17. The molecule has 5 nitrogen and oxygen atoms in total. The zero-order valence-electron chi connectivity index (χ0n) is 20.6. The molecule has 0 radical (unpaired) electrons. The van der Waals surface area contributed by atoms with Gasteiger partial charge in [-0.2, -0.15) is 0 Å². The molecule has 0 bridgehead atoms. The number of hydrogen-bond donors (Lipinski definition) is 1. The van der Waals surface area contributed by atoms with Crippen LogP contribution in [0.5, 0.6) is 0 Å². The van der Waals surface area contributed by atoms with E-state index in [9.17, 15) is 4.79 Å². The lowest BCUT2D eigenvalue weighted by Gasteiger charge is -2.21. The molecule has 1 N–H and O–H groups in total. The van der Waals surface area contributed by atoms with Crippen molar-refractivity contribution in [1.82, 2.24) is 20.3 Å². The van der Waals surface area contributed by atoms with Gasteiger partial charge in [0.1, 0.15) is 16.2 Å². The van der Waals surface area contributed by atoms with Gasteiger partial charge in [0.15, 0.2) is 0 Å². The molecule has 1 amide bonds. The molecule has 1 aromatic carbocycles. The Morgan fingerprint density at radius 2 is 1.86 bits per heavy atom. The molecule has 0 aliphatic heterocycles. The number of fused-ring (bicyclic) bond motifs is 5. The fourth-order valence-corrected chi connectivity index (χ4v) is 7.05. The number of thioether (sulfide) groups is 1. The van der Waals surface area contributed by atoms with Gasteiger partial charge < -0.3 is 5.32 Å². The van der Waals surface area contributed by atoms with Crippen LogP contribution in [-0.2, 0) is 24.1 Å². The average molecular weight is 505 g/mol. The molecule has 182 valence electrons. The number of hydrogen-bond acceptors (Lipinski definition) is 6. The van der Waals surface area contributed by atoms with Gasteiger partial charge in [-0.05, 0) is 68.1 Å². The Hall–Kier alpha value is -2.51. The first-order valence-corrected chi connectivity index (χ1v) is 14.4. The first kappa shape index (κ1) is 24.2. The highest BCUT2D eigenvalue weighted by atomic mass is 32.2. The molecule has 0 unspecified atom stereocenters. The van der Waals surface area contributed by atoms with Crippen LogP contribution in [0.15, 0.2) is 41.7 Å². The third-order valence-electron chi connectivity index (χ3n) is 6.72. The summed E-state index contributed by atoms with van der Waals surface area (Å²) in [5, 5.41) is 5.23. The summed E-state index contributed by atoms with van der Waals surface area (Å²) in [4.78, 5) is 28.1. The van der Waals surface area contributed by atoms with Gasteiger partial charge in [0.2, 0.25) is 5.91 Å². The van der Waals surface area contributed by atoms with Crippen molar-refractivity contribution in [3.05, 3.63) is 59.0 Å². The predicted octanol–water partition coefficient (Wildman–Crippen LogP) is 6.47. The minimum absolute atomic E-state index is 0.0426. The van der Waals surface area contributed by atoms with E-state index in [1.165, 1.54) is 52.4 Å². The van der Waals surface area contributed by atoms with E-state index in [1.807, 2.05) is 6.07 Å². The number of nitrogens with one attached hydrogen (secondary N) is 1.